The average Bonchev–Trinajstić information content (AvgIpc) is 3.56. The summed E-state index contributed by atoms with van der Waals surface area (Å²) in [5.41, 5.74) is 2.71. The van der Waals surface area contributed by atoms with Gasteiger partial charge in [0.25, 0.3) is 5.56 Å². The van der Waals surface area contributed by atoms with Crippen molar-refractivity contribution in [1.29, 1.82) is 0 Å². The van der Waals surface area contributed by atoms with Gasteiger partial charge in [0.1, 0.15) is 12.3 Å². The van der Waals surface area contributed by atoms with Gasteiger partial charge < -0.3 is 24.3 Å². The van der Waals surface area contributed by atoms with Gasteiger partial charge in [0.15, 0.2) is 5.65 Å². The summed E-state index contributed by atoms with van der Waals surface area (Å²) in [4.78, 5) is 34.3. The predicted molar refractivity (Wildman–Crippen MR) is 180 cm³/mol. The SMILES string of the molecule is Cn1cc2cc(-c3cn(COCC[Si](C)(C)C)c4nc(N5[C@@H]6CC[C@H]5CC(NC(=O)OC(C)(C)C)C6)n(C)c(=O)c34)ccc2n1. The summed E-state index contributed by atoms with van der Waals surface area (Å²) in [5, 5.41) is 9.21. The number of nitrogens with one attached hydrogen (secondary N) is 1. The van der Waals surface area contributed by atoms with Crippen LogP contribution in [0.3, 0.4) is 0 Å². The van der Waals surface area contributed by atoms with Crippen LogP contribution in [0.25, 0.3) is 33.1 Å². The van der Waals surface area contributed by atoms with Gasteiger partial charge in [0.05, 0.1) is 10.9 Å². The van der Waals surface area contributed by atoms with Crippen molar-refractivity contribution in [3.63, 3.8) is 0 Å². The second kappa shape index (κ2) is 11.6. The van der Waals surface area contributed by atoms with Crippen molar-refractivity contribution in [1.82, 2.24) is 29.2 Å². The Morgan fingerprint density at radius 1 is 1.09 bits per heavy atom. The third kappa shape index (κ3) is 6.53. The van der Waals surface area contributed by atoms with Crippen LogP contribution >= 0.6 is 0 Å². The van der Waals surface area contributed by atoms with Gasteiger partial charge >= 0.3 is 6.09 Å². The maximum atomic E-state index is 14.3. The van der Waals surface area contributed by atoms with Crippen LogP contribution in [0, 0.1) is 0 Å². The fourth-order valence-electron chi connectivity index (χ4n) is 6.81. The highest BCUT2D eigenvalue weighted by Gasteiger charge is 2.43. The molecule has 2 aliphatic heterocycles. The molecule has 2 aliphatic rings. The molecule has 3 aromatic heterocycles. The molecule has 0 saturated carbocycles. The number of hydrogen-bond donors (Lipinski definition) is 1. The second-order valence-corrected chi connectivity index (χ2v) is 20.6. The van der Waals surface area contributed by atoms with Crippen LogP contribution in [0.4, 0.5) is 10.7 Å². The van der Waals surface area contributed by atoms with E-state index >= 15 is 0 Å². The van der Waals surface area contributed by atoms with Crippen LogP contribution in [0.2, 0.25) is 25.7 Å². The number of aryl methyl sites for hydroxylation is 1. The Kier molecular flexibility index (Phi) is 8.09. The summed E-state index contributed by atoms with van der Waals surface area (Å²) in [6, 6.07) is 7.53. The monoisotopic (exact) mass is 633 g/mol. The molecule has 45 heavy (non-hydrogen) atoms. The Morgan fingerprint density at radius 2 is 1.80 bits per heavy atom. The van der Waals surface area contributed by atoms with E-state index in [9.17, 15) is 9.59 Å². The summed E-state index contributed by atoms with van der Waals surface area (Å²) in [6.45, 7) is 13.6. The molecule has 1 N–H and O–H groups in total. The summed E-state index contributed by atoms with van der Waals surface area (Å²) in [6.07, 6.45) is 7.16. The lowest BCUT2D eigenvalue weighted by Gasteiger charge is -2.40. The predicted octanol–water partition coefficient (Wildman–Crippen LogP) is 5.63. The lowest BCUT2D eigenvalue weighted by atomic mass is 9.98. The van der Waals surface area contributed by atoms with Crippen molar-refractivity contribution in [2.24, 2.45) is 14.1 Å². The van der Waals surface area contributed by atoms with Crippen molar-refractivity contribution in [3.8, 4) is 11.1 Å². The van der Waals surface area contributed by atoms with Gasteiger partial charge in [-0.25, -0.2) is 4.79 Å². The van der Waals surface area contributed by atoms with Crippen LogP contribution in [0.5, 0.6) is 0 Å². The van der Waals surface area contributed by atoms with Gasteiger partial charge in [-0.15, -0.1) is 0 Å². The fraction of sp³-hybridized carbons (Fsp3) is 0.576. The van der Waals surface area contributed by atoms with E-state index in [-0.39, 0.29) is 29.8 Å². The van der Waals surface area contributed by atoms with Crippen molar-refractivity contribution >= 4 is 42.1 Å². The molecule has 12 heteroatoms. The fourth-order valence-corrected chi connectivity index (χ4v) is 7.56. The molecule has 2 bridgehead atoms. The number of alkyl carbamates (subject to hydrolysis) is 1. The zero-order valence-electron chi connectivity index (χ0n) is 27.9. The molecule has 0 aliphatic carbocycles. The molecule has 1 unspecified atom stereocenters. The minimum Gasteiger partial charge on any atom is -0.444 e. The Labute approximate surface area is 265 Å². The van der Waals surface area contributed by atoms with Crippen LogP contribution in [-0.2, 0) is 30.3 Å². The minimum atomic E-state index is -1.26. The average molecular weight is 634 g/mol. The number of nitrogens with zero attached hydrogens (tertiary/aromatic N) is 6. The van der Waals surface area contributed by atoms with Crippen molar-refractivity contribution < 1.29 is 14.3 Å². The first-order chi connectivity index (χ1) is 21.2. The van der Waals surface area contributed by atoms with Gasteiger partial charge in [0.2, 0.25) is 5.95 Å². The first-order valence-corrected chi connectivity index (χ1v) is 19.8. The number of aromatic nitrogens is 5. The Bertz CT molecular complexity index is 1780. The first-order valence-electron chi connectivity index (χ1n) is 16.1. The largest absolute Gasteiger partial charge is 0.444 e. The quantitative estimate of drug-likeness (QED) is 0.198. The molecule has 0 spiro atoms. The summed E-state index contributed by atoms with van der Waals surface area (Å²) < 4.78 is 17.2. The zero-order chi connectivity index (χ0) is 32.3. The molecule has 4 aromatic rings. The number of carbonyl (C=O) groups excluding carboxylic acids is 1. The molecule has 2 fully saturated rings. The van der Waals surface area contributed by atoms with Crippen molar-refractivity contribution in [2.75, 3.05) is 11.5 Å². The molecule has 5 heterocycles. The number of anilines is 1. The molecule has 6 rings (SSSR count). The lowest BCUT2D eigenvalue weighted by Crippen LogP contribution is -2.52. The van der Waals surface area contributed by atoms with Crippen LogP contribution in [-0.4, -0.2) is 68.4 Å². The maximum absolute atomic E-state index is 14.3. The summed E-state index contributed by atoms with van der Waals surface area (Å²) >= 11 is 0. The number of amides is 1. The zero-order valence-corrected chi connectivity index (χ0v) is 28.9. The van der Waals surface area contributed by atoms with Crippen LogP contribution in [0.15, 0.2) is 35.4 Å². The maximum Gasteiger partial charge on any atom is 0.407 e. The number of hydrogen-bond acceptors (Lipinski definition) is 7. The highest BCUT2D eigenvalue weighted by Crippen LogP contribution is 2.39. The molecule has 242 valence electrons. The Hall–Kier alpha value is -3.64. The van der Waals surface area contributed by atoms with Gasteiger partial charge in [-0.1, -0.05) is 25.7 Å². The van der Waals surface area contributed by atoms with Crippen molar-refractivity contribution in [2.45, 2.75) is 103 Å². The number of piperidine rings is 1. The molecule has 1 amide bonds. The van der Waals surface area contributed by atoms with E-state index in [0.717, 1.165) is 53.8 Å². The number of rotatable bonds is 8. The smallest absolute Gasteiger partial charge is 0.407 e. The minimum absolute atomic E-state index is 0.0204. The van der Waals surface area contributed by atoms with Gasteiger partial charge in [-0.3, -0.25) is 14.0 Å². The molecule has 2 saturated heterocycles. The highest BCUT2D eigenvalue weighted by molar-refractivity contribution is 6.76. The van der Waals surface area contributed by atoms with Crippen molar-refractivity contribution in [3.05, 3.63) is 40.9 Å². The standard InChI is InChI=1S/C33H47N7O4Si/c1-33(2,3)44-32(42)34-23-16-24-10-11-25(17-23)40(24)31-35-29-28(30(41)38(31)5)26(19-39(29)20-43-13-14-45(6,7)8)21-9-12-27-22(15-21)18-37(4)36-27/h9,12,15,18-19,23-25H,10-11,13-14,16-17,20H2,1-8H3,(H,34,42)/t23?,24-,25+. The van der Waals surface area contributed by atoms with E-state index in [4.69, 9.17) is 14.5 Å². The number of fused-ring (bicyclic) bond motifs is 4. The molecule has 11 nitrogen and oxygen atoms in total. The molecule has 0 radical (unpaired) electrons. The molecule has 3 atom stereocenters. The van der Waals surface area contributed by atoms with Gasteiger partial charge in [-0.2, -0.15) is 10.1 Å². The lowest BCUT2D eigenvalue weighted by molar-refractivity contribution is 0.0492. The highest BCUT2D eigenvalue weighted by atomic mass is 28.3. The molecular weight excluding hydrogens is 586 g/mol. The topological polar surface area (TPSA) is 108 Å². The molecule has 1 aromatic carbocycles. The van der Waals surface area contributed by atoms with E-state index in [0.29, 0.717) is 30.3 Å². The Balaban J connectivity index is 1.36. The van der Waals surface area contributed by atoms with Gasteiger partial charge in [-0.05, 0) is 70.2 Å². The van der Waals surface area contributed by atoms with E-state index in [1.807, 2.05) is 64.0 Å². The number of benzene rings is 1. The van der Waals surface area contributed by atoms with Gasteiger partial charge in [0, 0.05) is 70.2 Å². The summed E-state index contributed by atoms with van der Waals surface area (Å²) in [5.74, 6) is 0.673. The van der Waals surface area contributed by atoms with E-state index in [2.05, 4.69) is 41.0 Å². The van der Waals surface area contributed by atoms with E-state index in [1.165, 1.54) is 0 Å². The van der Waals surface area contributed by atoms with E-state index < -0.39 is 13.7 Å². The number of carbonyl (C=O) groups is 1. The second-order valence-electron chi connectivity index (χ2n) is 15.0. The van der Waals surface area contributed by atoms with E-state index in [1.54, 1.807) is 9.25 Å². The third-order valence-electron chi connectivity index (χ3n) is 8.92. The first kappa shape index (κ1) is 31.3. The Morgan fingerprint density at radius 3 is 2.47 bits per heavy atom. The molecular formula is C33H47N7O4Si. The van der Waals surface area contributed by atoms with Crippen LogP contribution < -0.4 is 15.8 Å². The third-order valence-corrected chi connectivity index (χ3v) is 10.6. The normalized spacial score (nSPS) is 20.4. The van der Waals surface area contributed by atoms with Crippen LogP contribution in [0.1, 0.15) is 46.5 Å². The number of ether oxygens (including phenoxy) is 2. The summed E-state index contributed by atoms with van der Waals surface area (Å²) in [7, 11) is 2.48.